The number of aromatic nitrogens is 3. The molecule has 1 atom stereocenters. The smallest absolute Gasteiger partial charge is 0.153 e. The molecule has 0 fully saturated rings. The number of hydrogen-bond donors (Lipinski definition) is 1. The van der Waals surface area contributed by atoms with Gasteiger partial charge in [0.15, 0.2) is 5.76 Å². The Hall–Kier alpha value is -3.18. The van der Waals surface area contributed by atoms with E-state index < -0.39 is 0 Å². The van der Waals surface area contributed by atoms with E-state index >= 15 is 0 Å². The first-order valence-corrected chi connectivity index (χ1v) is 9.04. The van der Waals surface area contributed by atoms with Gasteiger partial charge in [0.05, 0.1) is 18.1 Å². The summed E-state index contributed by atoms with van der Waals surface area (Å²) in [6.45, 7) is 2.01. The van der Waals surface area contributed by atoms with Gasteiger partial charge in [-0.2, -0.15) is 0 Å². The van der Waals surface area contributed by atoms with Crippen LogP contribution in [0.2, 0.25) is 0 Å². The van der Waals surface area contributed by atoms with Crippen molar-refractivity contribution in [2.45, 2.75) is 26.0 Å². The van der Waals surface area contributed by atoms with Crippen molar-refractivity contribution in [1.29, 1.82) is 0 Å². The third-order valence-corrected chi connectivity index (χ3v) is 4.68. The molecule has 0 aliphatic carbocycles. The van der Waals surface area contributed by atoms with Gasteiger partial charge in [0.1, 0.15) is 18.1 Å². The molecule has 1 aromatic carbocycles. The van der Waals surface area contributed by atoms with Crippen LogP contribution in [0.3, 0.4) is 0 Å². The highest BCUT2D eigenvalue weighted by molar-refractivity contribution is 5.76. The number of hydrogen-bond acceptors (Lipinski definition) is 4. The van der Waals surface area contributed by atoms with E-state index in [1.165, 1.54) is 0 Å². The van der Waals surface area contributed by atoms with Crippen LogP contribution in [0, 0.1) is 0 Å². The Bertz CT molecular complexity index is 1010. The van der Waals surface area contributed by atoms with E-state index in [1.807, 2.05) is 55.0 Å². The lowest BCUT2D eigenvalue weighted by Gasteiger charge is -2.19. The molecule has 0 spiro atoms. The zero-order chi connectivity index (χ0) is 18.6. The van der Waals surface area contributed by atoms with Crippen LogP contribution in [0.1, 0.15) is 30.7 Å². The topological polar surface area (TPSA) is 64.1 Å². The van der Waals surface area contributed by atoms with Gasteiger partial charge in [-0.3, -0.25) is 4.98 Å². The van der Waals surface area contributed by atoms with Crippen molar-refractivity contribution >= 4 is 0 Å². The highest BCUT2D eigenvalue weighted by Crippen LogP contribution is 2.36. The molecule has 0 amide bonds. The van der Waals surface area contributed by atoms with Crippen molar-refractivity contribution in [2.24, 2.45) is 0 Å². The van der Waals surface area contributed by atoms with Crippen LogP contribution < -0.4 is 0 Å². The molecule has 0 bridgehead atoms. The van der Waals surface area contributed by atoms with E-state index in [2.05, 4.69) is 22.5 Å². The molecule has 0 aliphatic heterocycles. The molecule has 5 heteroatoms. The molecule has 136 valence electrons. The van der Waals surface area contributed by atoms with Crippen molar-refractivity contribution in [1.82, 2.24) is 14.5 Å². The maximum atomic E-state index is 9.41. The minimum atomic E-state index is -0.130. The number of imidazole rings is 1. The van der Waals surface area contributed by atoms with Gasteiger partial charge < -0.3 is 14.1 Å². The van der Waals surface area contributed by atoms with Crippen molar-refractivity contribution in [3.8, 4) is 22.7 Å². The van der Waals surface area contributed by atoms with Crippen LogP contribution in [0.4, 0.5) is 0 Å². The first kappa shape index (κ1) is 17.2. The second-order valence-corrected chi connectivity index (χ2v) is 6.35. The van der Waals surface area contributed by atoms with E-state index in [1.54, 1.807) is 12.3 Å². The first-order chi connectivity index (χ1) is 13.3. The Morgan fingerprint density at radius 2 is 1.93 bits per heavy atom. The van der Waals surface area contributed by atoms with Gasteiger partial charge in [0.2, 0.25) is 0 Å². The molecule has 3 heterocycles. The number of furan rings is 1. The summed E-state index contributed by atoms with van der Waals surface area (Å²) in [5, 5.41) is 9.41. The molecular weight excluding hydrogens is 338 g/mol. The second kappa shape index (κ2) is 7.60. The third kappa shape index (κ3) is 3.29. The van der Waals surface area contributed by atoms with Crippen molar-refractivity contribution in [3.05, 3.63) is 84.6 Å². The zero-order valence-electron chi connectivity index (χ0n) is 15.1. The molecule has 0 radical (unpaired) electrons. The van der Waals surface area contributed by atoms with Gasteiger partial charge >= 0.3 is 0 Å². The Kier molecular flexibility index (Phi) is 4.85. The summed E-state index contributed by atoms with van der Waals surface area (Å²) in [7, 11) is 0. The average molecular weight is 359 g/mol. The molecule has 4 aromatic rings. The SMILES string of the molecule is CC[C@H](c1cccnc1)n1cnc(-c2ccccc2)c1-c1ccc(CO)o1. The van der Waals surface area contributed by atoms with Gasteiger partial charge in [0.25, 0.3) is 0 Å². The molecular formula is C22H21N3O2. The normalized spacial score (nSPS) is 12.2. The van der Waals surface area contributed by atoms with Gasteiger partial charge in [0, 0.05) is 18.0 Å². The monoisotopic (exact) mass is 359 g/mol. The van der Waals surface area contributed by atoms with Crippen LogP contribution in [0.25, 0.3) is 22.7 Å². The van der Waals surface area contributed by atoms with Gasteiger partial charge in [-0.25, -0.2) is 4.98 Å². The Balaban J connectivity index is 1.90. The van der Waals surface area contributed by atoms with Crippen LogP contribution in [0.15, 0.2) is 77.7 Å². The van der Waals surface area contributed by atoms with Crippen molar-refractivity contribution in [2.75, 3.05) is 0 Å². The number of rotatable bonds is 6. The lowest BCUT2D eigenvalue weighted by atomic mass is 10.0. The summed E-state index contributed by atoms with van der Waals surface area (Å²) in [6.07, 6.45) is 6.42. The lowest BCUT2D eigenvalue weighted by molar-refractivity contribution is 0.248. The number of aliphatic hydroxyl groups excluding tert-OH is 1. The van der Waals surface area contributed by atoms with Gasteiger partial charge in [-0.15, -0.1) is 0 Å². The van der Waals surface area contributed by atoms with Gasteiger partial charge in [-0.1, -0.05) is 43.3 Å². The van der Waals surface area contributed by atoms with Crippen molar-refractivity contribution in [3.63, 3.8) is 0 Å². The van der Waals surface area contributed by atoms with E-state index in [4.69, 9.17) is 9.40 Å². The highest BCUT2D eigenvalue weighted by atomic mass is 16.4. The fraction of sp³-hybridized carbons (Fsp3) is 0.182. The predicted octanol–water partition coefficient (Wildman–Crippen LogP) is 4.70. The number of aliphatic hydroxyl groups is 1. The number of benzene rings is 1. The summed E-state index contributed by atoms with van der Waals surface area (Å²) in [5.74, 6) is 1.23. The molecule has 0 saturated heterocycles. The fourth-order valence-electron chi connectivity index (χ4n) is 3.40. The van der Waals surface area contributed by atoms with E-state index in [0.29, 0.717) is 11.5 Å². The molecule has 5 nitrogen and oxygen atoms in total. The highest BCUT2D eigenvalue weighted by Gasteiger charge is 2.23. The Labute approximate surface area is 158 Å². The van der Waals surface area contributed by atoms with E-state index in [9.17, 15) is 5.11 Å². The van der Waals surface area contributed by atoms with Crippen LogP contribution in [-0.4, -0.2) is 19.6 Å². The lowest BCUT2D eigenvalue weighted by Crippen LogP contribution is -2.10. The summed E-state index contributed by atoms with van der Waals surface area (Å²) in [4.78, 5) is 8.99. The average Bonchev–Trinajstić information content (AvgIpc) is 3.37. The molecule has 0 aliphatic rings. The Morgan fingerprint density at radius 3 is 2.59 bits per heavy atom. The minimum absolute atomic E-state index is 0.0846. The summed E-state index contributed by atoms with van der Waals surface area (Å²) >= 11 is 0. The number of nitrogens with zero attached hydrogens (tertiary/aromatic N) is 3. The van der Waals surface area contributed by atoms with Gasteiger partial charge in [-0.05, 0) is 30.2 Å². The largest absolute Gasteiger partial charge is 0.457 e. The first-order valence-electron chi connectivity index (χ1n) is 9.04. The second-order valence-electron chi connectivity index (χ2n) is 6.35. The molecule has 1 N–H and O–H groups in total. The maximum absolute atomic E-state index is 9.41. The molecule has 0 unspecified atom stereocenters. The van der Waals surface area contributed by atoms with Crippen LogP contribution in [-0.2, 0) is 6.61 Å². The zero-order valence-corrected chi connectivity index (χ0v) is 15.1. The number of pyridine rings is 1. The predicted molar refractivity (Wildman–Crippen MR) is 104 cm³/mol. The van der Waals surface area contributed by atoms with E-state index in [-0.39, 0.29) is 12.6 Å². The summed E-state index contributed by atoms with van der Waals surface area (Å²) in [5.41, 5.74) is 3.90. The summed E-state index contributed by atoms with van der Waals surface area (Å²) in [6, 6.07) is 17.9. The summed E-state index contributed by atoms with van der Waals surface area (Å²) < 4.78 is 8.02. The molecule has 3 aromatic heterocycles. The van der Waals surface area contributed by atoms with E-state index in [0.717, 1.165) is 28.9 Å². The quantitative estimate of drug-likeness (QED) is 0.542. The van der Waals surface area contributed by atoms with Crippen molar-refractivity contribution < 1.29 is 9.52 Å². The third-order valence-electron chi connectivity index (χ3n) is 4.68. The molecule has 4 rings (SSSR count). The van der Waals surface area contributed by atoms with Crippen LogP contribution >= 0.6 is 0 Å². The Morgan fingerprint density at radius 1 is 1.07 bits per heavy atom. The maximum Gasteiger partial charge on any atom is 0.153 e. The minimum Gasteiger partial charge on any atom is -0.457 e. The van der Waals surface area contributed by atoms with Crippen LogP contribution in [0.5, 0.6) is 0 Å². The standard InChI is InChI=1S/C22H21N3O2/c1-2-19(17-9-6-12-23-13-17)25-15-24-21(16-7-4-3-5-8-16)22(25)20-11-10-18(14-26)27-20/h3-13,15,19,26H,2,14H2,1H3/t19-/m1/s1. The fourth-order valence-corrected chi connectivity index (χ4v) is 3.40. The molecule has 0 saturated carbocycles. The molecule has 27 heavy (non-hydrogen) atoms.